The number of halogens is 2. The number of nitro benzene ring substituents is 1. The molecular formula is C16H8ClFN2O4. The Morgan fingerprint density at radius 1 is 1.25 bits per heavy atom. The zero-order valence-electron chi connectivity index (χ0n) is 11.9. The van der Waals surface area contributed by atoms with E-state index in [1.54, 1.807) is 6.07 Å². The first-order valence-corrected chi connectivity index (χ1v) is 7.04. The zero-order valence-corrected chi connectivity index (χ0v) is 12.7. The molecule has 0 aliphatic carbocycles. The number of carbonyl (C=O) groups excluding carboxylic acids is 1. The fourth-order valence-electron chi connectivity index (χ4n) is 2.07. The van der Waals surface area contributed by atoms with Crippen LogP contribution in [0.5, 0.6) is 0 Å². The number of aliphatic imine (C=N–C) groups is 1. The van der Waals surface area contributed by atoms with Gasteiger partial charge in [-0.3, -0.25) is 10.1 Å². The molecule has 6 nitrogen and oxygen atoms in total. The monoisotopic (exact) mass is 346 g/mol. The molecule has 0 bridgehead atoms. The van der Waals surface area contributed by atoms with Gasteiger partial charge in [-0.05, 0) is 42.0 Å². The summed E-state index contributed by atoms with van der Waals surface area (Å²) in [4.78, 5) is 26.0. The molecule has 0 saturated heterocycles. The van der Waals surface area contributed by atoms with Crippen LogP contribution >= 0.6 is 11.6 Å². The van der Waals surface area contributed by atoms with Crippen molar-refractivity contribution in [3.05, 3.63) is 80.2 Å². The molecule has 1 aliphatic rings. The van der Waals surface area contributed by atoms with Gasteiger partial charge in [0, 0.05) is 11.6 Å². The highest BCUT2D eigenvalue weighted by molar-refractivity contribution is 6.32. The van der Waals surface area contributed by atoms with Crippen LogP contribution in [0.4, 0.5) is 10.1 Å². The molecule has 0 radical (unpaired) electrons. The summed E-state index contributed by atoms with van der Waals surface area (Å²) in [6, 6.07) is 9.48. The van der Waals surface area contributed by atoms with Crippen LogP contribution < -0.4 is 0 Å². The fourth-order valence-corrected chi connectivity index (χ4v) is 2.33. The van der Waals surface area contributed by atoms with E-state index in [-0.39, 0.29) is 22.3 Å². The largest absolute Gasteiger partial charge is 0.402 e. The molecule has 0 aromatic heterocycles. The summed E-state index contributed by atoms with van der Waals surface area (Å²) in [6.45, 7) is 0. The molecule has 8 heteroatoms. The van der Waals surface area contributed by atoms with Crippen LogP contribution in [0, 0.1) is 15.9 Å². The molecule has 2 aromatic carbocycles. The molecule has 0 atom stereocenters. The van der Waals surface area contributed by atoms with E-state index in [2.05, 4.69) is 4.99 Å². The second kappa shape index (κ2) is 6.21. The number of nitro groups is 1. The van der Waals surface area contributed by atoms with Crippen LogP contribution in [-0.2, 0) is 9.53 Å². The summed E-state index contributed by atoms with van der Waals surface area (Å²) in [5.41, 5.74) is 0.520. The number of esters is 1. The number of nitrogens with zero attached hydrogens (tertiary/aromatic N) is 2. The van der Waals surface area contributed by atoms with Crippen LogP contribution in [0.3, 0.4) is 0 Å². The smallest absolute Gasteiger partial charge is 0.363 e. The van der Waals surface area contributed by atoms with Gasteiger partial charge in [0.15, 0.2) is 5.70 Å². The molecule has 3 rings (SSSR count). The summed E-state index contributed by atoms with van der Waals surface area (Å²) in [5, 5.41) is 10.7. The van der Waals surface area contributed by atoms with Gasteiger partial charge in [-0.1, -0.05) is 17.7 Å². The van der Waals surface area contributed by atoms with Gasteiger partial charge in [0.25, 0.3) is 5.69 Å². The maximum Gasteiger partial charge on any atom is 0.363 e. The standard InChI is InChI=1S/C16H8ClFN2O4/c17-12-6-9(4-5-14(12)20(22)23)7-13-16(21)24-15(19-13)10-2-1-3-11(18)8-10/h1-8H/b13-7-. The number of cyclic esters (lactones) is 1. The van der Waals surface area contributed by atoms with E-state index in [0.29, 0.717) is 11.1 Å². The Morgan fingerprint density at radius 2 is 2.04 bits per heavy atom. The lowest BCUT2D eigenvalue weighted by atomic mass is 10.2. The van der Waals surface area contributed by atoms with E-state index in [4.69, 9.17) is 16.3 Å². The van der Waals surface area contributed by atoms with E-state index >= 15 is 0 Å². The summed E-state index contributed by atoms with van der Waals surface area (Å²) >= 11 is 5.82. The third kappa shape index (κ3) is 3.16. The maximum absolute atomic E-state index is 13.2. The Hall–Kier alpha value is -3.06. The highest BCUT2D eigenvalue weighted by atomic mass is 35.5. The Morgan fingerprint density at radius 3 is 2.71 bits per heavy atom. The molecule has 24 heavy (non-hydrogen) atoms. The number of hydrogen-bond acceptors (Lipinski definition) is 5. The minimum Gasteiger partial charge on any atom is -0.402 e. The predicted octanol–water partition coefficient (Wildman–Crippen LogP) is 3.73. The van der Waals surface area contributed by atoms with Gasteiger partial charge in [-0.25, -0.2) is 14.2 Å². The van der Waals surface area contributed by atoms with Gasteiger partial charge in [0.1, 0.15) is 10.8 Å². The van der Waals surface area contributed by atoms with Crippen LogP contribution in [-0.4, -0.2) is 16.8 Å². The first-order valence-electron chi connectivity index (χ1n) is 6.66. The van der Waals surface area contributed by atoms with E-state index in [0.717, 1.165) is 0 Å². The zero-order chi connectivity index (χ0) is 17.3. The Labute approximate surface area is 140 Å². The number of rotatable bonds is 3. The topological polar surface area (TPSA) is 81.8 Å². The fraction of sp³-hybridized carbons (Fsp3) is 0. The number of carbonyl (C=O) groups is 1. The molecule has 0 spiro atoms. The normalized spacial score (nSPS) is 15.3. The average Bonchev–Trinajstić information content (AvgIpc) is 2.88. The van der Waals surface area contributed by atoms with Crippen molar-refractivity contribution in [2.45, 2.75) is 0 Å². The molecule has 1 heterocycles. The highest BCUT2D eigenvalue weighted by Gasteiger charge is 2.24. The third-order valence-corrected chi connectivity index (χ3v) is 3.47. The Balaban J connectivity index is 1.94. The van der Waals surface area contributed by atoms with Crippen LogP contribution in [0.2, 0.25) is 5.02 Å². The average molecular weight is 347 g/mol. The number of benzene rings is 2. The molecule has 0 saturated carbocycles. The highest BCUT2D eigenvalue weighted by Crippen LogP contribution is 2.27. The quantitative estimate of drug-likeness (QED) is 0.367. The molecule has 0 N–H and O–H groups in total. The van der Waals surface area contributed by atoms with Crippen molar-refractivity contribution in [1.29, 1.82) is 0 Å². The minimum atomic E-state index is -0.705. The van der Waals surface area contributed by atoms with Crippen molar-refractivity contribution in [2.75, 3.05) is 0 Å². The lowest BCUT2D eigenvalue weighted by Crippen LogP contribution is -2.05. The summed E-state index contributed by atoms with van der Waals surface area (Å²) in [6.07, 6.45) is 1.38. The first kappa shape index (κ1) is 15.8. The van der Waals surface area contributed by atoms with Gasteiger partial charge >= 0.3 is 5.97 Å². The lowest BCUT2D eigenvalue weighted by molar-refractivity contribution is -0.384. The number of ether oxygens (including phenoxy) is 1. The van der Waals surface area contributed by atoms with Crippen molar-refractivity contribution in [1.82, 2.24) is 0 Å². The minimum absolute atomic E-state index is 0.0146. The molecule has 0 fully saturated rings. The van der Waals surface area contributed by atoms with E-state index in [9.17, 15) is 19.3 Å². The first-order chi connectivity index (χ1) is 11.4. The maximum atomic E-state index is 13.2. The SMILES string of the molecule is O=C1OC(c2cccc(F)c2)=N/C1=C\c1ccc([N+](=O)[O-])c(Cl)c1. The predicted molar refractivity (Wildman–Crippen MR) is 85.1 cm³/mol. The van der Waals surface area contributed by atoms with Gasteiger partial charge in [-0.2, -0.15) is 0 Å². The lowest BCUT2D eigenvalue weighted by Gasteiger charge is -1.98. The summed E-state index contributed by atoms with van der Waals surface area (Å²) in [5.74, 6) is -1.20. The Kier molecular flexibility index (Phi) is 4.09. The van der Waals surface area contributed by atoms with Crippen molar-refractivity contribution in [3.8, 4) is 0 Å². The van der Waals surface area contributed by atoms with Crippen LogP contribution in [0.15, 0.2) is 53.2 Å². The number of hydrogen-bond donors (Lipinski definition) is 0. The Bertz CT molecular complexity index is 924. The molecule has 2 aromatic rings. The third-order valence-electron chi connectivity index (χ3n) is 3.16. The van der Waals surface area contributed by atoms with E-state index in [1.165, 1.54) is 42.5 Å². The van der Waals surface area contributed by atoms with E-state index in [1.807, 2.05) is 0 Å². The van der Waals surface area contributed by atoms with Crippen LogP contribution in [0.1, 0.15) is 11.1 Å². The van der Waals surface area contributed by atoms with Gasteiger partial charge in [-0.15, -0.1) is 0 Å². The van der Waals surface area contributed by atoms with Crippen molar-refractivity contribution in [3.63, 3.8) is 0 Å². The van der Waals surface area contributed by atoms with Gasteiger partial charge < -0.3 is 4.74 Å². The molecule has 0 unspecified atom stereocenters. The second-order valence-electron chi connectivity index (χ2n) is 4.81. The van der Waals surface area contributed by atoms with Gasteiger partial charge in [0.05, 0.1) is 4.92 Å². The molecule has 120 valence electrons. The van der Waals surface area contributed by atoms with Crippen molar-refractivity contribution >= 4 is 35.2 Å². The molecule has 1 aliphatic heterocycles. The van der Waals surface area contributed by atoms with E-state index < -0.39 is 16.7 Å². The van der Waals surface area contributed by atoms with Crippen LogP contribution in [0.25, 0.3) is 6.08 Å². The van der Waals surface area contributed by atoms with Gasteiger partial charge in [0.2, 0.25) is 5.90 Å². The second-order valence-corrected chi connectivity index (χ2v) is 5.22. The molecular weight excluding hydrogens is 339 g/mol. The molecule has 0 amide bonds. The van der Waals surface area contributed by atoms with Crippen molar-refractivity contribution < 1.29 is 18.8 Å². The summed E-state index contributed by atoms with van der Waals surface area (Å²) in [7, 11) is 0. The summed E-state index contributed by atoms with van der Waals surface area (Å²) < 4.78 is 18.2. The van der Waals surface area contributed by atoms with Crippen molar-refractivity contribution in [2.24, 2.45) is 4.99 Å².